The van der Waals surface area contributed by atoms with E-state index in [2.05, 4.69) is 27.0 Å². The predicted octanol–water partition coefficient (Wildman–Crippen LogP) is 4.82. The smallest absolute Gasteiger partial charge is 0.337 e. The van der Waals surface area contributed by atoms with Crippen LogP contribution >= 0.6 is 0 Å². The Labute approximate surface area is 197 Å². The maximum Gasteiger partial charge on any atom is 0.337 e. The molecule has 2 N–H and O–H groups in total. The lowest BCUT2D eigenvalue weighted by Crippen LogP contribution is -2.18. The van der Waals surface area contributed by atoms with E-state index in [4.69, 9.17) is 9.73 Å². The average Bonchev–Trinajstić information content (AvgIpc) is 3.50. The molecule has 34 heavy (non-hydrogen) atoms. The third-order valence-electron chi connectivity index (χ3n) is 6.17. The molecule has 1 aliphatic rings. The van der Waals surface area contributed by atoms with Gasteiger partial charge in [-0.3, -0.25) is 9.88 Å². The van der Waals surface area contributed by atoms with Gasteiger partial charge in [-0.15, -0.1) is 0 Å². The molecule has 1 saturated heterocycles. The van der Waals surface area contributed by atoms with Crippen molar-refractivity contribution in [2.45, 2.75) is 19.4 Å². The fourth-order valence-electron chi connectivity index (χ4n) is 4.44. The number of nitrogens with one attached hydrogen (secondary N) is 1. The number of hydrogen-bond acceptors (Lipinski definition) is 6. The minimum absolute atomic E-state index is 0.0155. The van der Waals surface area contributed by atoms with Gasteiger partial charge in [0.2, 0.25) is 0 Å². The Morgan fingerprint density at radius 2 is 1.79 bits per heavy atom. The van der Waals surface area contributed by atoms with Gasteiger partial charge in [0, 0.05) is 35.4 Å². The lowest BCUT2D eigenvalue weighted by atomic mass is 10.0. The molecule has 2 aromatic carbocycles. The van der Waals surface area contributed by atoms with Gasteiger partial charge in [0.1, 0.15) is 0 Å². The highest BCUT2D eigenvalue weighted by atomic mass is 16.5. The third-order valence-corrected chi connectivity index (χ3v) is 6.17. The monoisotopic (exact) mass is 454 g/mol. The van der Waals surface area contributed by atoms with Crippen molar-refractivity contribution >= 4 is 28.3 Å². The number of pyridine rings is 1. The number of carbonyl (C=O) groups excluding carboxylic acids is 1. The van der Waals surface area contributed by atoms with Crippen LogP contribution in [0.1, 0.15) is 39.9 Å². The SMILES string of the molecule is COC(=O)c1ccc2[nH]c(O)c(C(=Nc3ccc(CN4CCCC4)cc3)c3ccncc3)c2c1. The number of aromatic nitrogens is 2. The molecule has 0 radical (unpaired) electrons. The van der Waals surface area contributed by atoms with Crippen molar-refractivity contribution in [3.05, 3.63) is 89.2 Å². The first-order valence-electron chi connectivity index (χ1n) is 11.4. The third kappa shape index (κ3) is 4.43. The quantitative estimate of drug-likeness (QED) is 0.322. The zero-order chi connectivity index (χ0) is 23.5. The number of methoxy groups -OCH3 is 1. The molecule has 2 aromatic heterocycles. The van der Waals surface area contributed by atoms with Crippen molar-refractivity contribution in [1.29, 1.82) is 0 Å². The van der Waals surface area contributed by atoms with E-state index in [1.807, 2.05) is 24.3 Å². The minimum Gasteiger partial charge on any atom is -0.494 e. The average molecular weight is 455 g/mol. The molecule has 7 nitrogen and oxygen atoms in total. The summed E-state index contributed by atoms with van der Waals surface area (Å²) in [5.74, 6) is -0.456. The number of fused-ring (bicyclic) bond motifs is 1. The number of carbonyl (C=O) groups is 1. The molecule has 5 rings (SSSR count). The highest BCUT2D eigenvalue weighted by Crippen LogP contribution is 2.32. The lowest BCUT2D eigenvalue weighted by molar-refractivity contribution is 0.0601. The Morgan fingerprint density at radius 1 is 1.06 bits per heavy atom. The summed E-state index contributed by atoms with van der Waals surface area (Å²) < 4.78 is 4.88. The van der Waals surface area contributed by atoms with Gasteiger partial charge >= 0.3 is 5.97 Å². The fourth-order valence-corrected chi connectivity index (χ4v) is 4.44. The van der Waals surface area contributed by atoms with Crippen LogP contribution in [0.2, 0.25) is 0 Å². The topological polar surface area (TPSA) is 90.8 Å². The molecule has 172 valence electrons. The molecule has 0 bridgehead atoms. The van der Waals surface area contributed by atoms with Crippen LogP contribution in [0.4, 0.5) is 5.69 Å². The zero-order valence-electron chi connectivity index (χ0n) is 19.0. The van der Waals surface area contributed by atoms with Crippen LogP contribution in [0, 0.1) is 0 Å². The summed E-state index contributed by atoms with van der Waals surface area (Å²) in [5, 5.41) is 11.5. The molecule has 7 heteroatoms. The van der Waals surface area contributed by atoms with Crippen molar-refractivity contribution in [1.82, 2.24) is 14.9 Å². The van der Waals surface area contributed by atoms with Gasteiger partial charge in [-0.2, -0.15) is 0 Å². The molecular weight excluding hydrogens is 428 g/mol. The molecule has 0 aliphatic carbocycles. The highest BCUT2D eigenvalue weighted by molar-refractivity contribution is 6.22. The Balaban J connectivity index is 1.58. The first-order chi connectivity index (χ1) is 16.6. The van der Waals surface area contributed by atoms with Crippen LogP contribution in [0.25, 0.3) is 10.9 Å². The molecule has 0 unspecified atom stereocenters. The summed E-state index contributed by atoms with van der Waals surface area (Å²) in [6.45, 7) is 3.25. The van der Waals surface area contributed by atoms with Crippen molar-refractivity contribution < 1.29 is 14.6 Å². The van der Waals surface area contributed by atoms with Gasteiger partial charge in [-0.25, -0.2) is 9.79 Å². The first kappa shape index (κ1) is 21.9. The Kier molecular flexibility index (Phi) is 6.10. The minimum atomic E-state index is -0.440. The van der Waals surface area contributed by atoms with E-state index >= 15 is 0 Å². The second-order valence-corrected chi connectivity index (χ2v) is 8.45. The predicted molar refractivity (Wildman–Crippen MR) is 132 cm³/mol. The number of likely N-dealkylation sites (tertiary alicyclic amines) is 1. The molecular formula is C27H26N4O3. The number of aromatic amines is 1. The first-order valence-corrected chi connectivity index (χ1v) is 11.4. The zero-order valence-corrected chi connectivity index (χ0v) is 19.0. The number of H-pyrrole nitrogens is 1. The number of hydrogen-bond donors (Lipinski definition) is 2. The number of aromatic hydroxyl groups is 1. The molecule has 0 atom stereocenters. The van der Waals surface area contributed by atoms with Crippen LogP contribution in [-0.2, 0) is 11.3 Å². The number of esters is 1. The van der Waals surface area contributed by atoms with Crippen molar-refractivity contribution in [2.75, 3.05) is 20.2 Å². The van der Waals surface area contributed by atoms with E-state index in [0.717, 1.165) is 30.9 Å². The van der Waals surface area contributed by atoms with Gasteiger partial charge in [0.05, 0.1) is 29.6 Å². The van der Waals surface area contributed by atoms with Crippen LogP contribution in [0.5, 0.6) is 5.88 Å². The number of ether oxygens (including phenoxy) is 1. The normalized spacial score (nSPS) is 14.6. The number of aliphatic imine (C=N–C) groups is 1. The van der Waals surface area contributed by atoms with Gasteiger partial charge in [0.15, 0.2) is 5.88 Å². The lowest BCUT2D eigenvalue weighted by Gasteiger charge is -2.14. The molecule has 0 amide bonds. The van der Waals surface area contributed by atoms with Crippen molar-refractivity contribution in [2.24, 2.45) is 4.99 Å². The Morgan fingerprint density at radius 3 is 2.50 bits per heavy atom. The van der Waals surface area contributed by atoms with E-state index < -0.39 is 5.97 Å². The molecule has 4 aromatic rings. The largest absolute Gasteiger partial charge is 0.494 e. The maximum absolute atomic E-state index is 12.1. The number of benzene rings is 2. The summed E-state index contributed by atoms with van der Waals surface area (Å²) in [4.78, 5) is 26.6. The van der Waals surface area contributed by atoms with Crippen LogP contribution in [0.15, 0.2) is 72.0 Å². The fraction of sp³-hybridized carbons (Fsp3) is 0.222. The molecule has 0 spiro atoms. The highest BCUT2D eigenvalue weighted by Gasteiger charge is 2.20. The van der Waals surface area contributed by atoms with Crippen molar-refractivity contribution in [3.63, 3.8) is 0 Å². The summed E-state index contributed by atoms with van der Waals surface area (Å²) in [5.41, 5.74) is 5.03. The maximum atomic E-state index is 12.1. The molecule has 1 fully saturated rings. The van der Waals surface area contributed by atoms with Crippen LogP contribution in [0.3, 0.4) is 0 Å². The summed E-state index contributed by atoms with van der Waals surface area (Å²) in [6.07, 6.45) is 5.92. The van der Waals surface area contributed by atoms with E-state index in [-0.39, 0.29) is 5.88 Å². The summed E-state index contributed by atoms with van der Waals surface area (Å²) >= 11 is 0. The summed E-state index contributed by atoms with van der Waals surface area (Å²) in [7, 11) is 1.35. The number of rotatable bonds is 6. The Hall–Kier alpha value is -3.97. The molecule has 3 heterocycles. The van der Waals surface area contributed by atoms with E-state index in [1.165, 1.54) is 25.5 Å². The second kappa shape index (κ2) is 9.49. The summed E-state index contributed by atoms with van der Waals surface area (Å²) in [6, 6.07) is 17.0. The van der Waals surface area contributed by atoms with Crippen LogP contribution in [-0.4, -0.2) is 51.9 Å². The van der Waals surface area contributed by atoms with Crippen molar-refractivity contribution in [3.8, 4) is 5.88 Å². The standard InChI is InChI=1S/C27H26N4O3/c1-34-27(33)20-6-9-23-22(16-20)24(26(32)30-23)25(19-10-12-28-13-11-19)29-21-7-4-18(5-8-21)17-31-14-2-3-15-31/h4-13,16,30,32H,2-3,14-15,17H2,1H3. The molecule has 0 saturated carbocycles. The van der Waals surface area contributed by atoms with Gasteiger partial charge in [0.25, 0.3) is 0 Å². The number of nitrogens with zero attached hydrogens (tertiary/aromatic N) is 3. The molecule has 1 aliphatic heterocycles. The Bertz CT molecular complexity index is 1340. The van der Waals surface area contributed by atoms with Gasteiger partial charge < -0.3 is 14.8 Å². The second-order valence-electron chi connectivity index (χ2n) is 8.45. The van der Waals surface area contributed by atoms with Gasteiger partial charge in [-0.1, -0.05) is 12.1 Å². The van der Waals surface area contributed by atoms with E-state index in [9.17, 15) is 9.90 Å². The van der Waals surface area contributed by atoms with E-state index in [1.54, 1.807) is 30.6 Å². The van der Waals surface area contributed by atoms with Gasteiger partial charge in [-0.05, 0) is 74.0 Å². The van der Waals surface area contributed by atoms with E-state index in [0.29, 0.717) is 27.7 Å². The van der Waals surface area contributed by atoms with Crippen LogP contribution < -0.4 is 0 Å².